The SMILES string of the molecule is Cc1cccc(CC2C(=O)N(C)C(=O)NC2(C)[C@H]2CC[C@H](c3ccccc3)CC2)c1. The number of hydrogen-bond acceptors (Lipinski definition) is 2. The maximum absolute atomic E-state index is 13.2. The normalized spacial score (nSPS) is 29.6. The predicted octanol–water partition coefficient (Wildman–Crippen LogP) is 5.07. The Kier molecular flexibility index (Phi) is 5.68. The molecule has 4 nitrogen and oxygen atoms in total. The number of amides is 3. The van der Waals surface area contributed by atoms with E-state index in [1.807, 2.05) is 6.07 Å². The van der Waals surface area contributed by atoms with Crippen molar-refractivity contribution in [2.75, 3.05) is 7.05 Å². The molecule has 1 N–H and O–H groups in total. The number of urea groups is 1. The second-order valence-electron chi connectivity index (χ2n) is 9.32. The maximum atomic E-state index is 13.2. The Labute approximate surface area is 179 Å². The summed E-state index contributed by atoms with van der Waals surface area (Å²) in [6, 6.07) is 18.8. The minimum atomic E-state index is -0.522. The monoisotopic (exact) mass is 404 g/mol. The number of carbonyl (C=O) groups excluding carboxylic acids is 2. The van der Waals surface area contributed by atoms with E-state index >= 15 is 0 Å². The van der Waals surface area contributed by atoms with Gasteiger partial charge in [0.15, 0.2) is 0 Å². The second-order valence-corrected chi connectivity index (χ2v) is 9.32. The van der Waals surface area contributed by atoms with Gasteiger partial charge in [0.2, 0.25) is 5.91 Å². The van der Waals surface area contributed by atoms with E-state index in [0.29, 0.717) is 18.3 Å². The van der Waals surface area contributed by atoms with Crippen LogP contribution in [-0.2, 0) is 11.2 Å². The summed E-state index contributed by atoms with van der Waals surface area (Å²) in [6.07, 6.45) is 4.90. The third-order valence-corrected chi connectivity index (χ3v) is 7.40. The molecule has 2 aromatic rings. The first kappa shape index (κ1) is 20.6. The summed E-state index contributed by atoms with van der Waals surface area (Å²) in [5.74, 6) is 0.557. The molecule has 4 heteroatoms. The number of nitrogens with one attached hydrogen (secondary N) is 1. The molecule has 2 atom stereocenters. The van der Waals surface area contributed by atoms with Crippen LogP contribution in [0.3, 0.4) is 0 Å². The van der Waals surface area contributed by atoms with E-state index in [1.54, 1.807) is 7.05 Å². The Morgan fingerprint density at radius 3 is 2.37 bits per heavy atom. The number of aryl methyl sites for hydroxylation is 1. The van der Waals surface area contributed by atoms with Crippen LogP contribution in [0.15, 0.2) is 54.6 Å². The molecule has 4 rings (SSSR count). The van der Waals surface area contributed by atoms with Gasteiger partial charge in [-0.05, 0) is 68.9 Å². The number of benzene rings is 2. The van der Waals surface area contributed by atoms with E-state index in [4.69, 9.17) is 0 Å². The average molecular weight is 405 g/mol. The van der Waals surface area contributed by atoms with Crippen molar-refractivity contribution in [3.8, 4) is 0 Å². The smallest absolute Gasteiger partial charge is 0.324 e. The summed E-state index contributed by atoms with van der Waals surface area (Å²) in [5.41, 5.74) is 3.23. The third-order valence-electron chi connectivity index (χ3n) is 7.40. The molecule has 1 heterocycles. The van der Waals surface area contributed by atoms with Crippen molar-refractivity contribution in [2.24, 2.45) is 11.8 Å². The maximum Gasteiger partial charge on any atom is 0.324 e. The molecule has 0 radical (unpaired) electrons. The summed E-state index contributed by atoms with van der Waals surface area (Å²) in [6.45, 7) is 4.17. The largest absolute Gasteiger partial charge is 0.331 e. The van der Waals surface area contributed by atoms with E-state index in [1.165, 1.54) is 16.0 Å². The lowest BCUT2D eigenvalue weighted by Crippen LogP contribution is -2.68. The van der Waals surface area contributed by atoms with Gasteiger partial charge in [-0.3, -0.25) is 9.69 Å². The highest BCUT2D eigenvalue weighted by atomic mass is 16.2. The molecule has 1 saturated carbocycles. The molecule has 158 valence electrons. The van der Waals surface area contributed by atoms with Crippen molar-refractivity contribution < 1.29 is 9.59 Å². The van der Waals surface area contributed by atoms with E-state index in [0.717, 1.165) is 31.2 Å². The number of hydrogen-bond donors (Lipinski definition) is 1. The summed E-state index contributed by atoms with van der Waals surface area (Å²) in [4.78, 5) is 27.1. The summed E-state index contributed by atoms with van der Waals surface area (Å²) >= 11 is 0. The van der Waals surface area contributed by atoms with Crippen LogP contribution < -0.4 is 5.32 Å². The first-order chi connectivity index (χ1) is 14.4. The molecule has 2 aliphatic rings. The van der Waals surface area contributed by atoms with Crippen LogP contribution in [0.4, 0.5) is 4.79 Å². The van der Waals surface area contributed by atoms with Gasteiger partial charge in [-0.25, -0.2) is 4.79 Å². The summed E-state index contributed by atoms with van der Waals surface area (Å²) < 4.78 is 0. The molecule has 30 heavy (non-hydrogen) atoms. The topological polar surface area (TPSA) is 49.4 Å². The molecule has 2 unspecified atom stereocenters. The zero-order chi connectivity index (χ0) is 21.3. The molecule has 1 aliphatic heterocycles. The van der Waals surface area contributed by atoms with Crippen LogP contribution in [0, 0.1) is 18.8 Å². The minimum absolute atomic E-state index is 0.0621. The Morgan fingerprint density at radius 2 is 1.70 bits per heavy atom. The Bertz CT molecular complexity index is 918. The van der Waals surface area contributed by atoms with Gasteiger partial charge in [0.25, 0.3) is 0 Å². The Hall–Kier alpha value is -2.62. The lowest BCUT2D eigenvalue weighted by Gasteiger charge is -2.50. The van der Waals surface area contributed by atoms with Crippen LogP contribution in [0.5, 0.6) is 0 Å². The van der Waals surface area contributed by atoms with Gasteiger partial charge >= 0.3 is 6.03 Å². The van der Waals surface area contributed by atoms with E-state index in [2.05, 4.69) is 67.7 Å². The van der Waals surface area contributed by atoms with Crippen LogP contribution in [0.25, 0.3) is 0 Å². The molecule has 1 aliphatic carbocycles. The van der Waals surface area contributed by atoms with Crippen molar-refractivity contribution in [3.05, 3.63) is 71.3 Å². The first-order valence-corrected chi connectivity index (χ1v) is 11.1. The van der Waals surface area contributed by atoms with Crippen molar-refractivity contribution in [1.29, 1.82) is 0 Å². The summed E-state index contributed by atoms with van der Waals surface area (Å²) in [7, 11) is 1.59. The molecule has 2 aromatic carbocycles. The van der Waals surface area contributed by atoms with E-state index in [-0.39, 0.29) is 17.9 Å². The quantitative estimate of drug-likeness (QED) is 0.774. The molecule has 0 bridgehead atoms. The fourth-order valence-corrected chi connectivity index (χ4v) is 5.50. The highest BCUT2D eigenvalue weighted by Gasteiger charge is 2.52. The van der Waals surface area contributed by atoms with E-state index in [9.17, 15) is 9.59 Å². The summed E-state index contributed by atoms with van der Waals surface area (Å²) in [5, 5.41) is 3.25. The van der Waals surface area contributed by atoms with Crippen LogP contribution in [0.1, 0.15) is 55.2 Å². The van der Waals surface area contributed by atoms with Gasteiger partial charge in [0, 0.05) is 7.05 Å². The van der Waals surface area contributed by atoms with Crippen molar-refractivity contribution in [2.45, 2.75) is 57.4 Å². The highest BCUT2D eigenvalue weighted by molar-refractivity contribution is 5.99. The Balaban J connectivity index is 1.56. The number of imide groups is 1. The van der Waals surface area contributed by atoms with Gasteiger partial charge in [0.1, 0.15) is 0 Å². The zero-order valence-electron chi connectivity index (χ0n) is 18.2. The van der Waals surface area contributed by atoms with Crippen LogP contribution >= 0.6 is 0 Å². The van der Waals surface area contributed by atoms with Crippen LogP contribution in [-0.4, -0.2) is 29.4 Å². The van der Waals surface area contributed by atoms with Gasteiger partial charge in [0.05, 0.1) is 11.5 Å². The standard InChI is InChI=1S/C26H32N2O2/c1-18-8-7-9-19(16-18)17-23-24(29)28(3)25(30)27-26(23,2)22-14-12-21(13-15-22)20-10-5-4-6-11-20/h4-11,16,21-23H,12-15,17H2,1-3H3,(H,27,30)/t21-,22-,23?,26?. The number of nitrogens with zero attached hydrogens (tertiary/aromatic N) is 1. The fraction of sp³-hybridized carbons (Fsp3) is 0.462. The fourth-order valence-electron chi connectivity index (χ4n) is 5.50. The van der Waals surface area contributed by atoms with Crippen molar-refractivity contribution in [1.82, 2.24) is 10.2 Å². The number of rotatable bonds is 4. The van der Waals surface area contributed by atoms with E-state index < -0.39 is 5.54 Å². The molecule has 2 fully saturated rings. The zero-order valence-corrected chi connectivity index (χ0v) is 18.2. The molecule has 0 aromatic heterocycles. The molecule has 3 amide bonds. The van der Waals surface area contributed by atoms with Gasteiger partial charge in [-0.2, -0.15) is 0 Å². The van der Waals surface area contributed by atoms with Gasteiger partial charge < -0.3 is 5.32 Å². The minimum Gasteiger partial charge on any atom is -0.331 e. The average Bonchev–Trinajstić information content (AvgIpc) is 2.76. The second kappa shape index (κ2) is 8.25. The van der Waals surface area contributed by atoms with Crippen molar-refractivity contribution in [3.63, 3.8) is 0 Å². The number of carbonyl (C=O) groups is 2. The third kappa shape index (κ3) is 3.88. The predicted molar refractivity (Wildman–Crippen MR) is 119 cm³/mol. The molecular formula is C26H32N2O2. The molecule has 0 spiro atoms. The Morgan fingerprint density at radius 1 is 1.00 bits per heavy atom. The first-order valence-electron chi connectivity index (χ1n) is 11.1. The highest BCUT2D eigenvalue weighted by Crippen LogP contribution is 2.44. The lowest BCUT2D eigenvalue weighted by atomic mass is 9.64. The van der Waals surface area contributed by atoms with Gasteiger partial charge in [-0.1, -0.05) is 60.2 Å². The molecular weight excluding hydrogens is 372 g/mol. The van der Waals surface area contributed by atoms with Crippen molar-refractivity contribution >= 4 is 11.9 Å². The molecule has 1 saturated heterocycles. The van der Waals surface area contributed by atoms with Crippen LogP contribution in [0.2, 0.25) is 0 Å². The van der Waals surface area contributed by atoms with Gasteiger partial charge in [-0.15, -0.1) is 0 Å². The lowest BCUT2D eigenvalue weighted by molar-refractivity contribution is -0.138.